The molecule has 3 rings (SSSR count). The largest absolute Gasteiger partial charge is 0.497 e. The van der Waals surface area contributed by atoms with E-state index in [0.29, 0.717) is 6.04 Å². The Kier molecular flexibility index (Phi) is 3.66. The van der Waals surface area contributed by atoms with Gasteiger partial charge in [0, 0.05) is 24.6 Å². The van der Waals surface area contributed by atoms with E-state index in [1.165, 1.54) is 18.4 Å². The van der Waals surface area contributed by atoms with Crippen molar-refractivity contribution in [3.05, 3.63) is 24.0 Å². The number of ether oxygens (including phenoxy) is 1. The molecule has 4 nitrogen and oxygen atoms in total. The average molecular weight is 273 g/mol. The summed E-state index contributed by atoms with van der Waals surface area (Å²) in [4.78, 5) is 4.81. The van der Waals surface area contributed by atoms with E-state index in [2.05, 4.69) is 17.6 Å². The first-order valence-corrected chi connectivity index (χ1v) is 7.53. The van der Waals surface area contributed by atoms with Crippen LogP contribution in [0.4, 0.5) is 0 Å². The first kappa shape index (κ1) is 13.4. The summed E-state index contributed by atoms with van der Waals surface area (Å²) in [6.07, 6.45) is 5.55. The van der Waals surface area contributed by atoms with Crippen molar-refractivity contribution in [3.8, 4) is 5.75 Å². The van der Waals surface area contributed by atoms with Crippen molar-refractivity contribution in [3.63, 3.8) is 0 Å². The molecule has 1 saturated carbocycles. The molecule has 0 radical (unpaired) electrons. The molecule has 1 fully saturated rings. The predicted octanol–water partition coefficient (Wildman–Crippen LogP) is 3.05. The van der Waals surface area contributed by atoms with Gasteiger partial charge in [-0.15, -0.1) is 0 Å². The van der Waals surface area contributed by atoms with Gasteiger partial charge in [-0.2, -0.15) is 0 Å². The third-order valence-corrected chi connectivity index (χ3v) is 3.99. The van der Waals surface area contributed by atoms with Gasteiger partial charge in [0.1, 0.15) is 11.6 Å². The van der Waals surface area contributed by atoms with Crippen LogP contribution < -0.4 is 10.5 Å². The third-order valence-electron chi connectivity index (χ3n) is 3.99. The second kappa shape index (κ2) is 5.44. The SMILES string of the molecule is CCCC(N)Cc1nc2cc(OC)ccc2n1C1CC1. The lowest BCUT2D eigenvalue weighted by atomic mass is 10.1. The Labute approximate surface area is 119 Å². The Bertz CT molecular complexity index is 601. The highest BCUT2D eigenvalue weighted by atomic mass is 16.5. The Morgan fingerprint density at radius 1 is 1.45 bits per heavy atom. The highest BCUT2D eigenvalue weighted by molar-refractivity contribution is 5.78. The molecule has 1 aromatic carbocycles. The van der Waals surface area contributed by atoms with Gasteiger partial charge < -0.3 is 15.0 Å². The van der Waals surface area contributed by atoms with Crippen molar-refractivity contribution < 1.29 is 4.74 Å². The number of rotatable bonds is 6. The minimum atomic E-state index is 0.205. The molecule has 1 unspecified atom stereocenters. The monoisotopic (exact) mass is 273 g/mol. The molecule has 1 heterocycles. The molecule has 1 aliphatic carbocycles. The smallest absolute Gasteiger partial charge is 0.121 e. The molecular formula is C16H23N3O. The number of aromatic nitrogens is 2. The normalized spacial score (nSPS) is 16.6. The second-order valence-corrected chi connectivity index (χ2v) is 5.74. The summed E-state index contributed by atoms with van der Waals surface area (Å²) in [7, 11) is 1.69. The molecule has 2 aromatic rings. The van der Waals surface area contributed by atoms with Crippen LogP contribution in [0, 0.1) is 0 Å². The van der Waals surface area contributed by atoms with E-state index >= 15 is 0 Å². The molecule has 4 heteroatoms. The summed E-state index contributed by atoms with van der Waals surface area (Å²) < 4.78 is 7.69. The summed E-state index contributed by atoms with van der Waals surface area (Å²) in [6, 6.07) is 6.98. The van der Waals surface area contributed by atoms with Crippen LogP contribution in [-0.2, 0) is 6.42 Å². The number of benzene rings is 1. The highest BCUT2D eigenvalue weighted by Crippen LogP contribution is 2.39. The van der Waals surface area contributed by atoms with Gasteiger partial charge in [-0.3, -0.25) is 0 Å². The molecule has 1 aliphatic rings. The third kappa shape index (κ3) is 2.52. The predicted molar refractivity (Wildman–Crippen MR) is 81.1 cm³/mol. The van der Waals surface area contributed by atoms with Gasteiger partial charge in [-0.05, 0) is 31.4 Å². The second-order valence-electron chi connectivity index (χ2n) is 5.74. The highest BCUT2D eigenvalue weighted by Gasteiger charge is 2.28. The van der Waals surface area contributed by atoms with E-state index in [0.717, 1.165) is 36.4 Å². The quantitative estimate of drug-likeness (QED) is 0.880. The van der Waals surface area contributed by atoms with Crippen molar-refractivity contribution in [2.75, 3.05) is 7.11 Å². The molecule has 0 amide bonds. The maximum absolute atomic E-state index is 6.21. The Hall–Kier alpha value is -1.55. The Balaban J connectivity index is 1.99. The van der Waals surface area contributed by atoms with Gasteiger partial charge in [0.2, 0.25) is 0 Å². The van der Waals surface area contributed by atoms with Crippen LogP contribution in [0.25, 0.3) is 11.0 Å². The number of nitrogens with two attached hydrogens (primary N) is 1. The van der Waals surface area contributed by atoms with E-state index in [1.54, 1.807) is 7.11 Å². The van der Waals surface area contributed by atoms with Crippen LogP contribution in [0.2, 0.25) is 0 Å². The van der Waals surface area contributed by atoms with Crippen molar-refractivity contribution in [2.24, 2.45) is 5.73 Å². The van der Waals surface area contributed by atoms with E-state index in [-0.39, 0.29) is 6.04 Å². The Morgan fingerprint density at radius 2 is 2.25 bits per heavy atom. The summed E-state index contributed by atoms with van der Waals surface area (Å²) >= 11 is 0. The lowest BCUT2D eigenvalue weighted by molar-refractivity contribution is 0.415. The maximum atomic E-state index is 6.21. The summed E-state index contributed by atoms with van der Waals surface area (Å²) in [5, 5.41) is 0. The van der Waals surface area contributed by atoms with E-state index in [1.807, 2.05) is 12.1 Å². The molecule has 20 heavy (non-hydrogen) atoms. The van der Waals surface area contributed by atoms with Crippen molar-refractivity contribution in [1.29, 1.82) is 0 Å². The lowest BCUT2D eigenvalue weighted by Crippen LogP contribution is -2.24. The van der Waals surface area contributed by atoms with E-state index < -0.39 is 0 Å². The van der Waals surface area contributed by atoms with Crippen LogP contribution in [-0.4, -0.2) is 22.7 Å². The molecule has 0 spiro atoms. The zero-order chi connectivity index (χ0) is 14.1. The summed E-state index contributed by atoms with van der Waals surface area (Å²) in [5.41, 5.74) is 8.44. The molecule has 0 saturated heterocycles. The number of imidazole rings is 1. The number of nitrogens with zero attached hydrogens (tertiary/aromatic N) is 2. The van der Waals surface area contributed by atoms with Crippen LogP contribution in [0.15, 0.2) is 18.2 Å². The standard InChI is InChI=1S/C16H23N3O/c1-3-4-11(17)9-16-18-14-10-13(20-2)7-8-15(14)19(16)12-5-6-12/h7-8,10-12H,3-6,9,17H2,1-2H3. The van der Waals surface area contributed by atoms with Gasteiger partial charge in [-0.1, -0.05) is 13.3 Å². The van der Waals surface area contributed by atoms with Crippen LogP contribution in [0.3, 0.4) is 0 Å². The van der Waals surface area contributed by atoms with Gasteiger partial charge in [-0.25, -0.2) is 4.98 Å². The Morgan fingerprint density at radius 3 is 2.90 bits per heavy atom. The maximum Gasteiger partial charge on any atom is 0.121 e. The number of hydrogen-bond donors (Lipinski definition) is 1. The van der Waals surface area contributed by atoms with Crippen molar-refractivity contribution in [2.45, 2.75) is 51.1 Å². The topological polar surface area (TPSA) is 53.1 Å². The van der Waals surface area contributed by atoms with Crippen LogP contribution >= 0.6 is 0 Å². The van der Waals surface area contributed by atoms with Crippen molar-refractivity contribution in [1.82, 2.24) is 9.55 Å². The van der Waals surface area contributed by atoms with Crippen LogP contribution in [0.5, 0.6) is 5.75 Å². The first-order chi connectivity index (χ1) is 9.72. The molecule has 0 bridgehead atoms. The molecule has 2 N–H and O–H groups in total. The van der Waals surface area contributed by atoms with E-state index in [9.17, 15) is 0 Å². The molecule has 1 atom stereocenters. The summed E-state index contributed by atoms with van der Waals surface area (Å²) in [6.45, 7) is 2.18. The number of hydrogen-bond acceptors (Lipinski definition) is 3. The zero-order valence-electron chi connectivity index (χ0n) is 12.3. The average Bonchev–Trinajstić information content (AvgIpc) is 3.20. The molecule has 108 valence electrons. The van der Waals surface area contributed by atoms with Gasteiger partial charge in [0.15, 0.2) is 0 Å². The number of methoxy groups -OCH3 is 1. The van der Waals surface area contributed by atoms with Gasteiger partial charge in [0.25, 0.3) is 0 Å². The minimum Gasteiger partial charge on any atom is -0.497 e. The fourth-order valence-electron chi connectivity index (χ4n) is 2.85. The minimum absolute atomic E-state index is 0.205. The number of fused-ring (bicyclic) bond motifs is 1. The summed E-state index contributed by atoms with van der Waals surface area (Å²) in [5.74, 6) is 2.00. The fourth-order valence-corrected chi connectivity index (χ4v) is 2.85. The van der Waals surface area contributed by atoms with Gasteiger partial charge in [0.05, 0.1) is 18.1 Å². The van der Waals surface area contributed by atoms with E-state index in [4.69, 9.17) is 15.5 Å². The lowest BCUT2D eigenvalue weighted by Gasteiger charge is -2.12. The first-order valence-electron chi connectivity index (χ1n) is 7.53. The fraction of sp³-hybridized carbons (Fsp3) is 0.562. The molecule has 0 aliphatic heterocycles. The van der Waals surface area contributed by atoms with Crippen molar-refractivity contribution >= 4 is 11.0 Å². The molecular weight excluding hydrogens is 250 g/mol. The van der Waals surface area contributed by atoms with Gasteiger partial charge >= 0.3 is 0 Å². The zero-order valence-corrected chi connectivity index (χ0v) is 12.3. The molecule has 1 aromatic heterocycles. The van der Waals surface area contributed by atoms with Crippen LogP contribution in [0.1, 0.15) is 44.5 Å².